The van der Waals surface area contributed by atoms with Crippen LogP contribution in [0.5, 0.6) is 0 Å². The first-order chi connectivity index (χ1) is 12.8. The van der Waals surface area contributed by atoms with E-state index < -0.39 is 5.97 Å². The number of hydrogen-bond donors (Lipinski definition) is 2. The van der Waals surface area contributed by atoms with Gasteiger partial charge in [0.05, 0.1) is 12.2 Å². The van der Waals surface area contributed by atoms with E-state index in [0.717, 1.165) is 5.56 Å². The van der Waals surface area contributed by atoms with Crippen molar-refractivity contribution < 1.29 is 19.1 Å². The molecule has 0 fully saturated rings. The van der Waals surface area contributed by atoms with Gasteiger partial charge in [-0.25, -0.2) is 4.79 Å². The SMILES string of the molecule is COCCOC(=O)c1c(C)[nH]c(C(=O)NC(C)Cc2ccc(Cl)cc2)c1C. The maximum absolute atomic E-state index is 12.6. The van der Waals surface area contributed by atoms with Gasteiger partial charge >= 0.3 is 5.97 Å². The van der Waals surface area contributed by atoms with Crippen LogP contribution in [-0.4, -0.2) is 43.2 Å². The summed E-state index contributed by atoms with van der Waals surface area (Å²) in [6, 6.07) is 7.43. The van der Waals surface area contributed by atoms with Crippen molar-refractivity contribution in [3.63, 3.8) is 0 Å². The first-order valence-corrected chi connectivity index (χ1v) is 9.11. The standard InChI is InChI=1S/C20H25ClN2O4/c1-12(11-15-5-7-16(21)8-6-15)22-19(24)18-13(2)17(14(3)23-18)20(25)27-10-9-26-4/h5-8,12,23H,9-11H2,1-4H3,(H,22,24). The highest BCUT2D eigenvalue weighted by molar-refractivity contribution is 6.30. The van der Waals surface area contributed by atoms with Gasteiger partial charge in [-0.3, -0.25) is 4.79 Å². The van der Waals surface area contributed by atoms with Crippen molar-refractivity contribution in [1.82, 2.24) is 10.3 Å². The first-order valence-electron chi connectivity index (χ1n) is 8.74. The summed E-state index contributed by atoms with van der Waals surface area (Å²) in [6.07, 6.45) is 0.674. The quantitative estimate of drug-likeness (QED) is 0.532. The molecule has 1 aromatic carbocycles. The normalized spacial score (nSPS) is 11.9. The zero-order valence-electron chi connectivity index (χ0n) is 16.0. The summed E-state index contributed by atoms with van der Waals surface area (Å²) in [5, 5.41) is 3.64. The number of H-pyrrole nitrogens is 1. The molecule has 6 nitrogen and oxygen atoms in total. The Kier molecular flexibility index (Phi) is 7.45. The highest BCUT2D eigenvalue weighted by Gasteiger charge is 2.23. The molecule has 0 bridgehead atoms. The monoisotopic (exact) mass is 392 g/mol. The van der Waals surface area contributed by atoms with Gasteiger partial charge in [0.1, 0.15) is 12.3 Å². The molecule has 0 aliphatic rings. The first kappa shape index (κ1) is 21.0. The van der Waals surface area contributed by atoms with E-state index in [4.69, 9.17) is 21.1 Å². The molecule has 0 saturated heterocycles. The molecule has 7 heteroatoms. The van der Waals surface area contributed by atoms with Gasteiger partial charge in [0.25, 0.3) is 5.91 Å². The Hall–Kier alpha value is -2.31. The van der Waals surface area contributed by atoms with Crippen molar-refractivity contribution in [2.75, 3.05) is 20.3 Å². The number of hydrogen-bond acceptors (Lipinski definition) is 4. The fraction of sp³-hybridized carbons (Fsp3) is 0.400. The van der Waals surface area contributed by atoms with E-state index in [1.807, 2.05) is 31.2 Å². The Bertz CT molecular complexity index is 799. The lowest BCUT2D eigenvalue weighted by Gasteiger charge is -2.14. The van der Waals surface area contributed by atoms with Gasteiger partial charge in [-0.05, 0) is 50.5 Å². The summed E-state index contributed by atoms with van der Waals surface area (Å²) in [6.45, 7) is 5.89. The molecule has 2 aromatic rings. The third-order valence-corrected chi connectivity index (χ3v) is 4.47. The number of aromatic nitrogens is 1. The van der Waals surface area contributed by atoms with Gasteiger partial charge in [-0.2, -0.15) is 0 Å². The fourth-order valence-electron chi connectivity index (χ4n) is 2.89. The number of aryl methyl sites for hydroxylation is 1. The highest BCUT2D eigenvalue weighted by atomic mass is 35.5. The van der Waals surface area contributed by atoms with Gasteiger partial charge in [-0.1, -0.05) is 23.7 Å². The fourth-order valence-corrected chi connectivity index (χ4v) is 3.02. The van der Waals surface area contributed by atoms with Gasteiger partial charge in [0.2, 0.25) is 0 Å². The van der Waals surface area contributed by atoms with Crippen LogP contribution >= 0.6 is 11.6 Å². The van der Waals surface area contributed by atoms with Crippen molar-refractivity contribution in [3.8, 4) is 0 Å². The van der Waals surface area contributed by atoms with E-state index in [0.29, 0.717) is 40.6 Å². The van der Waals surface area contributed by atoms with Crippen LogP contribution < -0.4 is 5.32 Å². The number of methoxy groups -OCH3 is 1. The number of aromatic amines is 1. The van der Waals surface area contributed by atoms with E-state index in [-0.39, 0.29) is 18.6 Å². The van der Waals surface area contributed by atoms with Crippen LogP contribution in [-0.2, 0) is 15.9 Å². The summed E-state index contributed by atoms with van der Waals surface area (Å²) in [7, 11) is 1.54. The van der Waals surface area contributed by atoms with Gasteiger partial charge in [0.15, 0.2) is 0 Å². The Morgan fingerprint density at radius 2 is 1.85 bits per heavy atom. The van der Waals surface area contributed by atoms with E-state index in [1.165, 1.54) is 7.11 Å². The highest BCUT2D eigenvalue weighted by Crippen LogP contribution is 2.19. The van der Waals surface area contributed by atoms with Crippen LogP contribution in [0.25, 0.3) is 0 Å². The number of rotatable bonds is 8. The van der Waals surface area contributed by atoms with Crippen LogP contribution in [0.15, 0.2) is 24.3 Å². The molecular weight excluding hydrogens is 368 g/mol. The van der Waals surface area contributed by atoms with Crippen LogP contribution in [0.2, 0.25) is 5.02 Å². The van der Waals surface area contributed by atoms with E-state index in [1.54, 1.807) is 13.8 Å². The average molecular weight is 393 g/mol. The number of carbonyl (C=O) groups is 2. The second-order valence-corrected chi connectivity index (χ2v) is 6.90. The van der Waals surface area contributed by atoms with Crippen molar-refractivity contribution in [2.45, 2.75) is 33.2 Å². The van der Waals surface area contributed by atoms with Crippen LogP contribution in [0.3, 0.4) is 0 Å². The summed E-state index contributed by atoms with van der Waals surface area (Å²) in [4.78, 5) is 27.9. The maximum atomic E-state index is 12.6. The third kappa shape index (κ3) is 5.58. The lowest BCUT2D eigenvalue weighted by molar-refractivity contribution is 0.0387. The Balaban J connectivity index is 2.04. The molecule has 1 aromatic heterocycles. The van der Waals surface area contributed by atoms with Crippen molar-refractivity contribution in [2.24, 2.45) is 0 Å². The van der Waals surface area contributed by atoms with Crippen LogP contribution in [0.1, 0.15) is 44.6 Å². The number of esters is 1. The molecule has 2 rings (SSSR count). The number of halogens is 1. The van der Waals surface area contributed by atoms with Crippen molar-refractivity contribution in [1.29, 1.82) is 0 Å². The average Bonchev–Trinajstić information content (AvgIpc) is 2.91. The number of nitrogens with one attached hydrogen (secondary N) is 2. The van der Waals surface area contributed by atoms with Crippen molar-refractivity contribution >= 4 is 23.5 Å². The summed E-state index contributed by atoms with van der Waals surface area (Å²) < 4.78 is 10.0. The lowest BCUT2D eigenvalue weighted by atomic mass is 10.1. The molecule has 1 atom stereocenters. The second-order valence-electron chi connectivity index (χ2n) is 6.46. The van der Waals surface area contributed by atoms with E-state index in [2.05, 4.69) is 10.3 Å². The summed E-state index contributed by atoms with van der Waals surface area (Å²) in [5.41, 5.74) is 3.02. The van der Waals surface area contributed by atoms with Crippen LogP contribution in [0.4, 0.5) is 0 Å². The predicted molar refractivity (Wildman–Crippen MR) is 105 cm³/mol. The molecule has 0 radical (unpaired) electrons. The largest absolute Gasteiger partial charge is 0.460 e. The minimum Gasteiger partial charge on any atom is -0.460 e. The number of amides is 1. The Morgan fingerprint density at radius 1 is 1.19 bits per heavy atom. The molecule has 1 heterocycles. The zero-order chi connectivity index (χ0) is 20.0. The Labute approximate surface area is 164 Å². The molecule has 27 heavy (non-hydrogen) atoms. The molecule has 146 valence electrons. The number of carbonyl (C=O) groups excluding carboxylic acids is 2. The Morgan fingerprint density at radius 3 is 2.48 bits per heavy atom. The van der Waals surface area contributed by atoms with Crippen LogP contribution in [0, 0.1) is 13.8 Å². The molecule has 0 saturated carbocycles. The summed E-state index contributed by atoms with van der Waals surface area (Å²) in [5.74, 6) is -0.723. The minimum atomic E-state index is -0.466. The molecule has 0 aliphatic carbocycles. The molecule has 2 N–H and O–H groups in total. The van der Waals surface area contributed by atoms with Gasteiger partial charge in [-0.15, -0.1) is 0 Å². The number of ether oxygens (including phenoxy) is 2. The smallest absolute Gasteiger partial charge is 0.340 e. The van der Waals surface area contributed by atoms with Gasteiger partial charge < -0.3 is 19.8 Å². The molecule has 1 unspecified atom stereocenters. The van der Waals surface area contributed by atoms with E-state index in [9.17, 15) is 9.59 Å². The number of benzene rings is 1. The molecule has 0 spiro atoms. The minimum absolute atomic E-state index is 0.0845. The lowest BCUT2D eigenvalue weighted by Crippen LogP contribution is -2.34. The zero-order valence-corrected chi connectivity index (χ0v) is 16.8. The van der Waals surface area contributed by atoms with Crippen molar-refractivity contribution in [3.05, 3.63) is 57.4 Å². The molecule has 1 amide bonds. The second kappa shape index (κ2) is 9.58. The topological polar surface area (TPSA) is 80.4 Å². The summed E-state index contributed by atoms with van der Waals surface area (Å²) >= 11 is 5.89. The maximum Gasteiger partial charge on any atom is 0.340 e. The molecular formula is C20H25ClN2O4. The third-order valence-electron chi connectivity index (χ3n) is 4.22. The van der Waals surface area contributed by atoms with E-state index >= 15 is 0 Å². The van der Waals surface area contributed by atoms with Gasteiger partial charge in [0, 0.05) is 23.9 Å². The molecule has 0 aliphatic heterocycles. The predicted octanol–water partition coefficient (Wildman–Crippen LogP) is 3.45.